The maximum Gasteiger partial charge on any atom is 0.129 e. The third-order valence-corrected chi connectivity index (χ3v) is 3.65. The molecule has 80 valence electrons. The Kier molecular flexibility index (Phi) is 4.75. The second-order valence-electron chi connectivity index (χ2n) is 5.56. The number of rotatable bonds is 0. The Morgan fingerprint density at radius 2 is 1.36 bits per heavy atom. The summed E-state index contributed by atoms with van der Waals surface area (Å²) in [6.45, 7) is 7.01. The first-order chi connectivity index (χ1) is 6.58. The fourth-order valence-electron chi connectivity index (χ4n) is 1.92. The quantitative estimate of drug-likeness (QED) is 0.413. The molecule has 1 heteroatoms. The van der Waals surface area contributed by atoms with Crippen LogP contribution < -0.4 is 0 Å². The minimum Gasteiger partial charge on any atom is -0.132 e. The van der Waals surface area contributed by atoms with E-state index < -0.39 is 8.07 Å². The molecule has 0 bridgehead atoms. The van der Waals surface area contributed by atoms with E-state index in [-0.39, 0.29) is 0 Å². The Bertz CT molecular complexity index is 206. The highest BCUT2D eigenvalue weighted by Gasteiger charge is 2.11. The first kappa shape index (κ1) is 11.8. The molecule has 0 radical (unpaired) electrons. The van der Waals surface area contributed by atoms with Crippen LogP contribution in [-0.4, -0.2) is 8.07 Å². The summed E-state index contributed by atoms with van der Waals surface area (Å²) < 4.78 is 0. The maximum absolute atomic E-state index is 3.54. The number of hydrogen-bond acceptors (Lipinski definition) is 0. The summed E-state index contributed by atoms with van der Waals surface area (Å²) >= 11 is 0. The summed E-state index contributed by atoms with van der Waals surface area (Å²) in [6, 6.07) is 0. The molecule has 0 heterocycles. The summed E-state index contributed by atoms with van der Waals surface area (Å²) in [6.07, 6.45) is 9.86. The van der Waals surface area contributed by atoms with Crippen LogP contribution in [0.15, 0.2) is 0 Å². The van der Waals surface area contributed by atoms with Crippen LogP contribution in [-0.2, 0) is 0 Å². The lowest BCUT2D eigenvalue weighted by molar-refractivity contribution is 0.444. The van der Waals surface area contributed by atoms with Crippen LogP contribution >= 0.6 is 0 Å². The lowest BCUT2D eigenvalue weighted by atomic mass is 9.92. The molecular formula is C13H24Si. The van der Waals surface area contributed by atoms with Crippen molar-refractivity contribution >= 4 is 8.07 Å². The SMILES string of the molecule is C[Si](C)(C)C#CC1CCCCCCC1. The van der Waals surface area contributed by atoms with Gasteiger partial charge in [-0.25, -0.2) is 0 Å². The molecule has 1 fully saturated rings. The van der Waals surface area contributed by atoms with Crippen molar-refractivity contribution in [3.8, 4) is 11.5 Å². The van der Waals surface area contributed by atoms with Gasteiger partial charge in [-0.1, -0.05) is 51.7 Å². The van der Waals surface area contributed by atoms with Crippen LogP contribution in [0.4, 0.5) is 0 Å². The fourth-order valence-corrected chi connectivity index (χ4v) is 2.56. The molecule has 1 saturated carbocycles. The molecule has 14 heavy (non-hydrogen) atoms. The highest BCUT2D eigenvalue weighted by Crippen LogP contribution is 2.21. The van der Waals surface area contributed by atoms with Crippen LogP contribution in [0.5, 0.6) is 0 Å². The first-order valence-electron chi connectivity index (χ1n) is 6.11. The zero-order valence-electron chi connectivity index (χ0n) is 10.0. The highest BCUT2D eigenvalue weighted by molar-refractivity contribution is 6.83. The Balaban J connectivity index is 2.43. The minimum atomic E-state index is -1.13. The molecule has 0 unspecified atom stereocenters. The predicted octanol–water partition coefficient (Wildman–Crippen LogP) is 4.23. The zero-order valence-corrected chi connectivity index (χ0v) is 11.0. The fraction of sp³-hybridized carbons (Fsp3) is 0.846. The van der Waals surface area contributed by atoms with Gasteiger partial charge in [-0.3, -0.25) is 0 Å². The van der Waals surface area contributed by atoms with Crippen LogP contribution in [0.25, 0.3) is 0 Å². The lowest BCUT2D eigenvalue weighted by Gasteiger charge is -2.15. The molecule has 0 aromatic heterocycles. The summed E-state index contributed by atoms with van der Waals surface area (Å²) in [5, 5.41) is 0. The van der Waals surface area contributed by atoms with Crippen LogP contribution in [0.1, 0.15) is 44.9 Å². The molecule has 1 aliphatic carbocycles. The van der Waals surface area contributed by atoms with Crippen LogP contribution in [0, 0.1) is 17.4 Å². The Labute approximate surface area is 90.5 Å². The van der Waals surface area contributed by atoms with E-state index in [1.165, 1.54) is 44.9 Å². The molecule has 1 rings (SSSR count). The van der Waals surface area contributed by atoms with Gasteiger partial charge in [-0.2, -0.15) is 0 Å². The monoisotopic (exact) mass is 208 g/mol. The van der Waals surface area contributed by atoms with Crippen molar-refractivity contribution in [2.75, 3.05) is 0 Å². The molecule has 0 aromatic rings. The van der Waals surface area contributed by atoms with Gasteiger partial charge < -0.3 is 0 Å². The van der Waals surface area contributed by atoms with Crippen molar-refractivity contribution in [3.63, 3.8) is 0 Å². The number of hydrogen-bond donors (Lipinski definition) is 0. The standard InChI is InChI=1S/C13H24Si/c1-14(2,3)12-11-13-9-7-5-4-6-8-10-13/h13H,4-10H2,1-3H3. The molecule has 0 amide bonds. The van der Waals surface area contributed by atoms with Crippen molar-refractivity contribution < 1.29 is 0 Å². The van der Waals surface area contributed by atoms with E-state index in [1.807, 2.05) is 0 Å². The van der Waals surface area contributed by atoms with Crippen LogP contribution in [0.2, 0.25) is 19.6 Å². The van der Waals surface area contributed by atoms with Gasteiger partial charge in [0.1, 0.15) is 8.07 Å². The Morgan fingerprint density at radius 1 is 0.857 bits per heavy atom. The zero-order chi connectivity index (χ0) is 10.4. The van der Waals surface area contributed by atoms with Gasteiger partial charge >= 0.3 is 0 Å². The third kappa shape index (κ3) is 5.50. The molecule has 0 nitrogen and oxygen atoms in total. The molecule has 0 N–H and O–H groups in total. The second kappa shape index (κ2) is 5.61. The normalized spacial score (nSPS) is 20.5. The van der Waals surface area contributed by atoms with E-state index in [4.69, 9.17) is 0 Å². The molecule has 0 saturated heterocycles. The van der Waals surface area contributed by atoms with Gasteiger partial charge in [-0.15, -0.1) is 11.5 Å². The van der Waals surface area contributed by atoms with Gasteiger partial charge in [0.15, 0.2) is 0 Å². The van der Waals surface area contributed by atoms with Gasteiger partial charge in [0.25, 0.3) is 0 Å². The van der Waals surface area contributed by atoms with E-state index in [0.29, 0.717) is 0 Å². The lowest BCUT2D eigenvalue weighted by Crippen LogP contribution is -2.17. The summed E-state index contributed by atoms with van der Waals surface area (Å²) in [7, 11) is -1.13. The molecule has 0 aliphatic heterocycles. The first-order valence-corrected chi connectivity index (χ1v) is 9.61. The molecular weight excluding hydrogens is 184 g/mol. The molecule has 0 spiro atoms. The van der Waals surface area contributed by atoms with E-state index in [1.54, 1.807) is 0 Å². The molecule has 0 atom stereocenters. The second-order valence-corrected chi connectivity index (χ2v) is 10.3. The topological polar surface area (TPSA) is 0 Å². The maximum atomic E-state index is 3.54. The average molecular weight is 208 g/mol. The van der Waals surface area contributed by atoms with E-state index in [2.05, 4.69) is 31.1 Å². The van der Waals surface area contributed by atoms with Crippen molar-refractivity contribution in [1.82, 2.24) is 0 Å². The van der Waals surface area contributed by atoms with Gasteiger partial charge in [-0.05, 0) is 12.8 Å². The van der Waals surface area contributed by atoms with Gasteiger partial charge in [0.05, 0.1) is 0 Å². The summed E-state index contributed by atoms with van der Waals surface area (Å²) in [5.41, 5.74) is 3.53. The Hall–Kier alpha value is -0.223. The van der Waals surface area contributed by atoms with Gasteiger partial charge in [0.2, 0.25) is 0 Å². The minimum absolute atomic E-state index is 0.724. The van der Waals surface area contributed by atoms with E-state index in [0.717, 1.165) is 5.92 Å². The largest absolute Gasteiger partial charge is 0.132 e. The van der Waals surface area contributed by atoms with Crippen molar-refractivity contribution in [2.45, 2.75) is 64.6 Å². The molecule has 1 aliphatic rings. The average Bonchev–Trinajstić information content (AvgIpc) is 2.00. The highest BCUT2D eigenvalue weighted by atomic mass is 28.3. The van der Waals surface area contributed by atoms with E-state index in [9.17, 15) is 0 Å². The van der Waals surface area contributed by atoms with Crippen molar-refractivity contribution in [1.29, 1.82) is 0 Å². The predicted molar refractivity (Wildman–Crippen MR) is 66.9 cm³/mol. The van der Waals surface area contributed by atoms with Crippen molar-refractivity contribution in [3.05, 3.63) is 0 Å². The third-order valence-electron chi connectivity index (χ3n) is 2.76. The van der Waals surface area contributed by atoms with Gasteiger partial charge in [0, 0.05) is 5.92 Å². The molecule has 0 aromatic carbocycles. The van der Waals surface area contributed by atoms with Crippen molar-refractivity contribution in [2.24, 2.45) is 5.92 Å². The summed E-state index contributed by atoms with van der Waals surface area (Å²) in [4.78, 5) is 0. The Morgan fingerprint density at radius 3 is 1.86 bits per heavy atom. The smallest absolute Gasteiger partial charge is 0.129 e. The summed E-state index contributed by atoms with van der Waals surface area (Å²) in [5.74, 6) is 4.27. The van der Waals surface area contributed by atoms with E-state index >= 15 is 0 Å². The van der Waals surface area contributed by atoms with Crippen LogP contribution in [0.3, 0.4) is 0 Å².